The maximum atomic E-state index is 11.8. The molecule has 4 rings (SSSR count). The third-order valence-corrected chi connectivity index (χ3v) is 11.4. The SMILES string of the molecule is CC(C)(C)[Si](OCc1ccc(C2=CC(=O)CCC2)cc1)(c1ccccc1)c1ccccc1. The zero-order chi connectivity index (χ0) is 22.6. The molecular formula is C29H32O2Si. The standard InChI is InChI=1S/C29H32O2Si/c1-29(2,3)32(27-13-6-4-7-14-27,28-15-8-5-9-16-28)31-22-23-17-19-24(20-18-23)25-11-10-12-26(30)21-25/h4-9,13-21H,10-12,22H2,1-3H3. The number of hydrogen-bond donors (Lipinski definition) is 0. The molecule has 2 nitrogen and oxygen atoms in total. The van der Waals surface area contributed by atoms with Gasteiger partial charge in [-0.05, 0) is 51.0 Å². The fourth-order valence-electron chi connectivity index (χ4n) is 4.79. The Morgan fingerprint density at radius 3 is 1.84 bits per heavy atom. The molecule has 0 saturated heterocycles. The Labute approximate surface area is 193 Å². The van der Waals surface area contributed by atoms with Crippen LogP contribution in [0.5, 0.6) is 0 Å². The second kappa shape index (κ2) is 9.39. The molecule has 0 fully saturated rings. The molecule has 164 valence electrons. The van der Waals surface area contributed by atoms with Crippen molar-refractivity contribution in [2.75, 3.05) is 0 Å². The second-order valence-electron chi connectivity index (χ2n) is 9.64. The topological polar surface area (TPSA) is 26.3 Å². The average Bonchev–Trinajstić information content (AvgIpc) is 2.80. The third kappa shape index (κ3) is 4.55. The first kappa shape index (κ1) is 22.4. The number of hydrogen-bond acceptors (Lipinski definition) is 2. The number of carbonyl (C=O) groups is 1. The summed E-state index contributed by atoms with van der Waals surface area (Å²) >= 11 is 0. The van der Waals surface area contributed by atoms with Gasteiger partial charge in [0, 0.05) is 6.42 Å². The van der Waals surface area contributed by atoms with Crippen molar-refractivity contribution < 1.29 is 9.22 Å². The van der Waals surface area contributed by atoms with Crippen LogP contribution in [0.15, 0.2) is 91.0 Å². The minimum absolute atomic E-state index is 0.0388. The summed E-state index contributed by atoms with van der Waals surface area (Å²) in [6, 6.07) is 30.0. The fourth-order valence-corrected chi connectivity index (χ4v) is 9.33. The molecule has 0 aromatic heterocycles. The first-order valence-electron chi connectivity index (χ1n) is 11.5. The van der Waals surface area contributed by atoms with Crippen LogP contribution in [0.2, 0.25) is 5.04 Å². The molecule has 0 bridgehead atoms. The highest BCUT2D eigenvalue weighted by Gasteiger charge is 2.50. The smallest absolute Gasteiger partial charge is 0.261 e. The van der Waals surface area contributed by atoms with Crippen molar-refractivity contribution in [3.05, 3.63) is 102 Å². The molecule has 0 N–H and O–H groups in total. The van der Waals surface area contributed by atoms with Gasteiger partial charge in [0.25, 0.3) is 8.32 Å². The maximum Gasteiger partial charge on any atom is 0.261 e. The molecule has 1 aliphatic carbocycles. The molecule has 1 aliphatic rings. The van der Waals surface area contributed by atoms with Crippen molar-refractivity contribution >= 4 is 30.0 Å². The molecule has 32 heavy (non-hydrogen) atoms. The average molecular weight is 441 g/mol. The van der Waals surface area contributed by atoms with Gasteiger partial charge in [-0.25, -0.2) is 0 Å². The van der Waals surface area contributed by atoms with Gasteiger partial charge in [-0.3, -0.25) is 4.79 Å². The number of rotatable bonds is 6. The van der Waals surface area contributed by atoms with Crippen LogP contribution >= 0.6 is 0 Å². The second-order valence-corrected chi connectivity index (χ2v) is 13.9. The summed E-state index contributed by atoms with van der Waals surface area (Å²) in [6.07, 6.45) is 4.41. The van der Waals surface area contributed by atoms with E-state index in [9.17, 15) is 4.79 Å². The van der Waals surface area contributed by atoms with E-state index >= 15 is 0 Å². The highest BCUT2D eigenvalue weighted by molar-refractivity contribution is 6.99. The van der Waals surface area contributed by atoms with Crippen LogP contribution in [0.4, 0.5) is 0 Å². The van der Waals surface area contributed by atoms with E-state index in [0.29, 0.717) is 13.0 Å². The molecule has 0 spiro atoms. The molecular weight excluding hydrogens is 408 g/mol. The normalized spacial score (nSPS) is 14.8. The molecule has 0 atom stereocenters. The molecule has 0 unspecified atom stereocenters. The van der Waals surface area contributed by atoms with Crippen molar-refractivity contribution in [2.24, 2.45) is 0 Å². The van der Waals surface area contributed by atoms with Crippen LogP contribution < -0.4 is 10.4 Å². The van der Waals surface area contributed by atoms with Crippen LogP contribution in [-0.4, -0.2) is 14.1 Å². The van der Waals surface area contributed by atoms with Crippen molar-refractivity contribution in [3.8, 4) is 0 Å². The number of ketones is 1. The molecule has 0 aliphatic heterocycles. The van der Waals surface area contributed by atoms with Crippen LogP contribution in [-0.2, 0) is 15.8 Å². The molecule has 0 heterocycles. The molecule has 3 heteroatoms. The molecule has 3 aromatic carbocycles. The van der Waals surface area contributed by atoms with Gasteiger partial charge in [-0.2, -0.15) is 0 Å². The van der Waals surface area contributed by atoms with Gasteiger partial charge in [0.1, 0.15) is 0 Å². The first-order chi connectivity index (χ1) is 15.4. The van der Waals surface area contributed by atoms with Crippen molar-refractivity contribution in [3.63, 3.8) is 0 Å². The van der Waals surface area contributed by atoms with Crippen LogP contribution in [0.1, 0.15) is 51.2 Å². The summed E-state index contributed by atoms with van der Waals surface area (Å²) in [5.74, 6) is 0.241. The van der Waals surface area contributed by atoms with Crippen LogP contribution in [0, 0.1) is 0 Å². The Morgan fingerprint density at radius 1 is 0.781 bits per heavy atom. The predicted octanol–water partition coefficient (Wildman–Crippen LogP) is 5.90. The van der Waals surface area contributed by atoms with E-state index in [1.807, 2.05) is 6.08 Å². The van der Waals surface area contributed by atoms with E-state index in [1.54, 1.807) is 0 Å². The maximum absolute atomic E-state index is 11.8. The zero-order valence-electron chi connectivity index (χ0n) is 19.3. The molecule has 0 saturated carbocycles. The minimum atomic E-state index is -2.54. The van der Waals surface area contributed by atoms with Gasteiger partial charge in [0.05, 0.1) is 6.61 Å². The lowest BCUT2D eigenvalue weighted by Crippen LogP contribution is -2.66. The summed E-state index contributed by atoms with van der Waals surface area (Å²) in [7, 11) is -2.54. The first-order valence-corrected chi connectivity index (χ1v) is 13.4. The van der Waals surface area contributed by atoms with Crippen molar-refractivity contribution in [1.29, 1.82) is 0 Å². The Kier molecular flexibility index (Phi) is 6.59. The predicted molar refractivity (Wildman–Crippen MR) is 136 cm³/mol. The summed E-state index contributed by atoms with van der Waals surface area (Å²) in [5, 5.41) is 2.55. The fraction of sp³-hybridized carbons (Fsp3) is 0.276. The highest BCUT2D eigenvalue weighted by atomic mass is 28.4. The molecule has 0 radical (unpaired) electrons. The van der Waals surface area contributed by atoms with Crippen LogP contribution in [0.3, 0.4) is 0 Å². The van der Waals surface area contributed by atoms with E-state index in [4.69, 9.17) is 4.43 Å². The van der Waals surface area contributed by atoms with E-state index in [0.717, 1.165) is 29.5 Å². The minimum Gasteiger partial charge on any atom is -0.403 e. The van der Waals surface area contributed by atoms with Gasteiger partial charge in [-0.1, -0.05) is 106 Å². The van der Waals surface area contributed by atoms with E-state index in [1.165, 1.54) is 10.4 Å². The quantitative estimate of drug-likeness (QED) is 0.446. The number of benzene rings is 3. The number of allylic oxidation sites excluding steroid dienone is 2. The molecule has 0 amide bonds. The van der Waals surface area contributed by atoms with E-state index in [-0.39, 0.29) is 10.8 Å². The van der Waals surface area contributed by atoms with E-state index < -0.39 is 8.32 Å². The van der Waals surface area contributed by atoms with Gasteiger partial charge in [-0.15, -0.1) is 0 Å². The monoisotopic (exact) mass is 440 g/mol. The lowest BCUT2D eigenvalue weighted by Gasteiger charge is -2.43. The summed E-state index contributed by atoms with van der Waals surface area (Å²) in [6.45, 7) is 7.46. The van der Waals surface area contributed by atoms with E-state index in [2.05, 4.69) is 106 Å². The molecule has 3 aromatic rings. The van der Waals surface area contributed by atoms with Crippen molar-refractivity contribution in [2.45, 2.75) is 51.7 Å². The lowest BCUT2D eigenvalue weighted by atomic mass is 9.93. The lowest BCUT2D eigenvalue weighted by molar-refractivity contribution is -0.114. The van der Waals surface area contributed by atoms with Gasteiger partial charge in [0.15, 0.2) is 5.78 Å². The Hall–Kier alpha value is -2.75. The number of carbonyl (C=O) groups excluding carboxylic acids is 1. The largest absolute Gasteiger partial charge is 0.403 e. The third-order valence-electron chi connectivity index (χ3n) is 6.40. The summed E-state index contributed by atoms with van der Waals surface area (Å²) in [4.78, 5) is 11.8. The van der Waals surface area contributed by atoms with Crippen molar-refractivity contribution in [1.82, 2.24) is 0 Å². The summed E-state index contributed by atoms with van der Waals surface area (Å²) < 4.78 is 7.02. The Morgan fingerprint density at radius 2 is 1.34 bits per heavy atom. The van der Waals surface area contributed by atoms with Gasteiger partial charge >= 0.3 is 0 Å². The zero-order valence-corrected chi connectivity index (χ0v) is 20.3. The Balaban J connectivity index is 1.66. The van der Waals surface area contributed by atoms with Gasteiger partial charge < -0.3 is 4.43 Å². The van der Waals surface area contributed by atoms with Crippen LogP contribution in [0.25, 0.3) is 5.57 Å². The summed E-state index contributed by atoms with van der Waals surface area (Å²) in [5.41, 5.74) is 3.46. The van der Waals surface area contributed by atoms with Gasteiger partial charge in [0.2, 0.25) is 0 Å². The highest BCUT2D eigenvalue weighted by Crippen LogP contribution is 2.37. The Bertz CT molecular complexity index is 1040.